The van der Waals surface area contributed by atoms with E-state index in [-0.39, 0.29) is 31.5 Å². The van der Waals surface area contributed by atoms with Crippen LogP contribution in [0.1, 0.15) is 265 Å². The molecule has 75 heavy (non-hydrogen) atoms. The summed E-state index contributed by atoms with van der Waals surface area (Å²) in [6.07, 6.45) is 71.5. The van der Waals surface area contributed by atoms with Crippen LogP contribution in [0.4, 0.5) is 0 Å². The summed E-state index contributed by atoms with van der Waals surface area (Å²) >= 11 is 0. The van der Waals surface area contributed by atoms with Crippen molar-refractivity contribution in [1.29, 1.82) is 0 Å². The number of allylic oxidation sites excluding steroid dienone is 13. The number of hydrogen-bond acceptors (Lipinski definition) is 6. The fraction of sp³-hybridized carbons (Fsp3) is 0.754. The summed E-state index contributed by atoms with van der Waals surface area (Å²) in [5.41, 5.74) is 0. The van der Waals surface area contributed by atoms with Crippen molar-refractivity contribution in [2.24, 2.45) is 0 Å². The summed E-state index contributed by atoms with van der Waals surface area (Å²) in [6, 6.07) is -0.864. The van der Waals surface area contributed by atoms with Crippen molar-refractivity contribution in [2.45, 2.75) is 277 Å². The fourth-order valence-electron chi connectivity index (χ4n) is 8.59. The molecule has 0 radical (unpaired) electrons. The Morgan fingerprint density at radius 1 is 0.480 bits per heavy atom. The largest absolute Gasteiger partial charge is 0.472 e. The van der Waals surface area contributed by atoms with Crippen LogP contribution in [0.5, 0.6) is 0 Å². The van der Waals surface area contributed by atoms with Gasteiger partial charge in [0.2, 0.25) is 5.91 Å². The van der Waals surface area contributed by atoms with Gasteiger partial charge in [-0.05, 0) is 83.1 Å². The van der Waals surface area contributed by atoms with Gasteiger partial charge in [0.05, 0.1) is 33.8 Å². The Kier molecular flexibility index (Phi) is 52.5. The predicted octanol–water partition coefficient (Wildman–Crippen LogP) is 19.0. The topological polar surface area (TPSA) is 111 Å². The highest BCUT2D eigenvalue weighted by molar-refractivity contribution is 7.47. The lowest BCUT2D eigenvalue weighted by Gasteiger charge is -2.27. The smallest absolute Gasteiger partial charge is 0.456 e. The number of unbranched alkanes of at least 4 members (excludes halogenated alkanes) is 27. The molecule has 2 N–H and O–H groups in total. The lowest BCUT2D eigenvalue weighted by Crippen LogP contribution is -2.47. The lowest BCUT2D eigenvalue weighted by molar-refractivity contribution is -0.870. The minimum absolute atomic E-state index is 0.0325. The molecule has 0 heterocycles. The summed E-state index contributed by atoms with van der Waals surface area (Å²) in [4.78, 5) is 37.7. The molecule has 0 aliphatic carbocycles. The average molecular weight is 1070 g/mol. The standard InChI is InChI=1S/C65H117N2O7P/c1-7-10-13-16-19-22-25-28-30-31-32-33-34-35-36-37-38-39-42-45-48-51-54-57-64(68)66-62(61-73-75(70,71)72-60-59-67(4,5)6)63(56-53-50-47-44-41-27-24-21-18-15-12-9-3)74-65(69)58-55-52-49-46-43-40-29-26-23-20-17-14-11-8-2/h10,13,19,22,28,30,32-33,35-36,38-39,53,56,62-63H,7-9,11-12,14-18,20-21,23-27,29,31,34,37,40-52,54-55,57-61H2,1-6H3,(H-,66,68,70,71)/p+1/b13-10-,22-19-,30-28-,33-32-,36-35-,39-38-,56-53-. The van der Waals surface area contributed by atoms with Gasteiger partial charge in [0, 0.05) is 12.8 Å². The van der Waals surface area contributed by atoms with Crippen LogP contribution < -0.4 is 5.32 Å². The van der Waals surface area contributed by atoms with Crippen LogP contribution in [0.15, 0.2) is 85.1 Å². The van der Waals surface area contributed by atoms with E-state index in [2.05, 4.69) is 99.0 Å². The highest BCUT2D eigenvalue weighted by Gasteiger charge is 2.30. The zero-order valence-electron chi connectivity index (χ0n) is 49.5. The van der Waals surface area contributed by atoms with Gasteiger partial charge < -0.3 is 19.4 Å². The number of ether oxygens (including phenoxy) is 1. The van der Waals surface area contributed by atoms with Crippen molar-refractivity contribution in [2.75, 3.05) is 40.9 Å². The first-order valence-electron chi connectivity index (χ1n) is 30.9. The van der Waals surface area contributed by atoms with Gasteiger partial charge in [-0.2, -0.15) is 0 Å². The minimum Gasteiger partial charge on any atom is -0.456 e. The van der Waals surface area contributed by atoms with Crippen molar-refractivity contribution in [1.82, 2.24) is 5.32 Å². The van der Waals surface area contributed by atoms with Crippen LogP contribution in [0, 0.1) is 0 Å². The van der Waals surface area contributed by atoms with Gasteiger partial charge in [-0.3, -0.25) is 18.6 Å². The molecule has 0 aromatic heterocycles. The van der Waals surface area contributed by atoms with E-state index in [1.54, 1.807) is 0 Å². The van der Waals surface area contributed by atoms with Gasteiger partial charge in [0.25, 0.3) is 0 Å². The molecule has 0 aliphatic heterocycles. The molecule has 0 fully saturated rings. The number of carbonyl (C=O) groups is 2. The maximum atomic E-state index is 13.5. The first kappa shape index (κ1) is 72.2. The highest BCUT2D eigenvalue weighted by atomic mass is 31.2. The molecule has 0 bridgehead atoms. The molecular formula is C65H118N2O7P+. The molecular weight excluding hydrogens is 952 g/mol. The quantitative estimate of drug-likeness (QED) is 0.0205. The Balaban J connectivity index is 5.28. The van der Waals surface area contributed by atoms with Gasteiger partial charge in [-0.1, -0.05) is 254 Å². The number of quaternary nitrogens is 1. The molecule has 0 rings (SSSR count). The molecule has 1 amide bonds. The van der Waals surface area contributed by atoms with E-state index in [0.29, 0.717) is 23.9 Å². The second-order valence-electron chi connectivity index (χ2n) is 21.9. The molecule has 3 unspecified atom stereocenters. The van der Waals surface area contributed by atoms with Gasteiger partial charge in [-0.15, -0.1) is 0 Å². The number of carbonyl (C=O) groups excluding carboxylic acids is 2. The first-order valence-corrected chi connectivity index (χ1v) is 32.4. The van der Waals surface area contributed by atoms with Crippen molar-refractivity contribution in [3.63, 3.8) is 0 Å². The van der Waals surface area contributed by atoms with Gasteiger partial charge >= 0.3 is 13.8 Å². The molecule has 0 aromatic carbocycles. The van der Waals surface area contributed by atoms with E-state index < -0.39 is 20.0 Å². The zero-order valence-corrected chi connectivity index (χ0v) is 50.4. The van der Waals surface area contributed by atoms with Crippen LogP contribution >= 0.6 is 7.82 Å². The molecule has 0 saturated carbocycles. The van der Waals surface area contributed by atoms with E-state index in [0.717, 1.165) is 103 Å². The van der Waals surface area contributed by atoms with Crippen LogP contribution in [0.25, 0.3) is 0 Å². The number of likely N-dealkylation sites (N-methyl/N-ethyl adjacent to an activating group) is 1. The van der Waals surface area contributed by atoms with Crippen molar-refractivity contribution < 1.29 is 37.3 Å². The third kappa shape index (κ3) is 55.7. The Hall–Kier alpha value is -2.81. The predicted molar refractivity (Wildman–Crippen MR) is 323 cm³/mol. The first-order chi connectivity index (χ1) is 36.4. The maximum Gasteiger partial charge on any atom is 0.472 e. The molecule has 434 valence electrons. The van der Waals surface area contributed by atoms with Gasteiger partial charge in [-0.25, -0.2) is 4.57 Å². The van der Waals surface area contributed by atoms with Gasteiger partial charge in [0.15, 0.2) is 0 Å². The number of phosphoric acid groups is 1. The maximum absolute atomic E-state index is 13.5. The minimum atomic E-state index is -4.46. The zero-order chi connectivity index (χ0) is 55.0. The fourth-order valence-corrected chi connectivity index (χ4v) is 9.33. The molecule has 10 heteroatoms. The Morgan fingerprint density at radius 3 is 1.28 bits per heavy atom. The van der Waals surface area contributed by atoms with E-state index in [1.807, 2.05) is 33.3 Å². The summed E-state index contributed by atoms with van der Waals surface area (Å²) < 4.78 is 30.7. The molecule has 0 spiro atoms. The second kappa shape index (κ2) is 54.5. The van der Waals surface area contributed by atoms with Crippen molar-refractivity contribution in [3.05, 3.63) is 85.1 Å². The van der Waals surface area contributed by atoms with E-state index >= 15 is 0 Å². The number of nitrogens with zero attached hydrogens (tertiary/aromatic N) is 1. The number of rotatable bonds is 55. The second-order valence-corrected chi connectivity index (χ2v) is 23.3. The van der Waals surface area contributed by atoms with Gasteiger partial charge in [0.1, 0.15) is 19.3 Å². The third-order valence-corrected chi connectivity index (χ3v) is 14.3. The van der Waals surface area contributed by atoms with Crippen LogP contribution in [0.3, 0.4) is 0 Å². The summed E-state index contributed by atoms with van der Waals surface area (Å²) in [5.74, 6) is -0.532. The number of amides is 1. The number of nitrogens with one attached hydrogen (secondary N) is 1. The van der Waals surface area contributed by atoms with E-state index in [4.69, 9.17) is 13.8 Å². The van der Waals surface area contributed by atoms with E-state index in [1.165, 1.54) is 122 Å². The number of esters is 1. The van der Waals surface area contributed by atoms with E-state index in [9.17, 15) is 19.0 Å². The molecule has 0 aliphatic rings. The van der Waals surface area contributed by atoms with Crippen molar-refractivity contribution >= 4 is 19.7 Å². The molecule has 9 nitrogen and oxygen atoms in total. The Morgan fingerprint density at radius 2 is 0.853 bits per heavy atom. The summed E-state index contributed by atoms with van der Waals surface area (Å²) in [7, 11) is 1.47. The summed E-state index contributed by atoms with van der Waals surface area (Å²) in [6.45, 7) is 6.88. The highest BCUT2D eigenvalue weighted by Crippen LogP contribution is 2.43. The monoisotopic (exact) mass is 1070 g/mol. The SMILES string of the molecule is CC/C=C\C/C=C\C/C=C\C/C=C\C/C=C\C/C=C\CCCCCCC(=O)NC(COP(=O)(O)OCC[N+](C)(C)C)C(/C=C\CCCCCCCCCCCC)OC(=O)CCCCCCCCCCCCCCCC. The number of hydrogen-bond donors (Lipinski definition) is 2. The lowest BCUT2D eigenvalue weighted by atomic mass is 10.0. The van der Waals surface area contributed by atoms with Crippen LogP contribution in [0.2, 0.25) is 0 Å². The molecule has 0 aromatic rings. The molecule has 0 saturated heterocycles. The third-order valence-electron chi connectivity index (χ3n) is 13.3. The van der Waals surface area contributed by atoms with Crippen LogP contribution in [-0.4, -0.2) is 74.3 Å². The molecule has 3 atom stereocenters. The average Bonchev–Trinajstić information content (AvgIpc) is 3.37. The Labute approximate surface area is 463 Å². The normalized spacial score (nSPS) is 14.3. The Bertz CT molecular complexity index is 1560. The van der Waals surface area contributed by atoms with Crippen LogP contribution in [-0.2, 0) is 27.9 Å². The number of phosphoric ester groups is 1. The summed E-state index contributed by atoms with van der Waals surface area (Å²) in [5, 5.41) is 3.04. The van der Waals surface area contributed by atoms with Crippen molar-refractivity contribution in [3.8, 4) is 0 Å².